The molecule has 1 rings (SSSR count). The molecule has 1 saturated heterocycles. The predicted octanol–water partition coefficient (Wildman–Crippen LogP) is 0.570. The van der Waals surface area contributed by atoms with Crippen molar-refractivity contribution in [3.8, 4) is 0 Å². The molecule has 1 heterocycles. The second kappa shape index (κ2) is 6.99. The molecule has 0 aromatic heterocycles. The third-order valence-electron chi connectivity index (χ3n) is 1.16. The number of esters is 1. The molecular formula is C7H14O5S. The molecule has 6 heteroatoms. The highest BCUT2D eigenvalue weighted by Gasteiger charge is 2.17. The molecule has 5 nitrogen and oxygen atoms in total. The van der Waals surface area contributed by atoms with Crippen molar-refractivity contribution in [1.29, 1.82) is 0 Å². The highest BCUT2D eigenvalue weighted by Crippen LogP contribution is 2.05. The van der Waals surface area contributed by atoms with Gasteiger partial charge in [-0.1, -0.05) is 6.92 Å². The standard InChI is InChI=1S/C4H8O2.C3H6O3S/c1-3-4(5)6-2;1-3-2-5-7(4)6-3/h3H2,1-2H3;3H,2H2,1H3. The molecule has 0 spiro atoms. The highest BCUT2D eigenvalue weighted by molar-refractivity contribution is 7.75. The van der Waals surface area contributed by atoms with Gasteiger partial charge in [-0.25, -0.2) is 0 Å². The summed E-state index contributed by atoms with van der Waals surface area (Å²) in [5, 5.41) is 0. The molecule has 2 atom stereocenters. The maximum absolute atomic E-state index is 10.1. The molecule has 78 valence electrons. The van der Waals surface area contributed by atoms with Crippen LogP contribution in [0.5, 0.6) is 0 Å². The average molecular weight is 210 g/mol. The van der Waals surface area contributed by atoms with Crippen LogP contribution in [0.1, 0.15) is 20.3 Å². The maximum Gasteiger partial charge on any atom is 0.305 e. The Bertz CT molecular complexity index is 176. The van der Waals surface area contributed by atoms with E-state index in [1.807, 2.05) is 6.92 Å². The van der Waals surface area contributed by atoms with Crippen LogP contribution in [-0.2, 0) is 29.3 Å². The first-order chi connectivity index (χ1) is 6.10. The lowest BCUT2D eigenvalue weighted by Crippen LogP contribution is -2.00. The minimum atomic E-state index is -1.45. The Morgan fingerprint density at radius 3 is 2.38 bits per heavy atom. The molecule has 0 aromatic rings. The van der Waals surface area contributed by atoms with Gasteiger partial charge >= 0.3 is 17.3 Å². The summed E-state index contributed by atoms with van der Waals surface area (Å²) in [5.41, 5.74) is 0. The second-order valence-corrected chi connectivity index (χ2v) is 3.16. The maximum atomic E-state index is 10.1. The van der Waals surface area contributed by atoms with Crippen molar-refractivity contribution in [2.45, 2.75) is 26.4 Å². The van der Waals surface area contributed by atoms with Crippen LogP contribution in [0.3, 0.4) is 0 Å². The number of hydrogen-bond donors (Lipinski definition) is 0. The van der Waals surface area contributed by atoms with Crippen LogP contribution in [0.2, 0.25) is 0 Å². The van der Waals surface area contributed by atoms with E-state index in [0.29, 0.717) is 13.0 Å². The largest absolute Gasteiger partial charge is 0.469 e. The van der Waals surface area contributed by atoms with E-state index >= 15 is 0 Å². The van der Waals surface area contributed by atoms with Gasteiger partial charge < -0.3 is 4.74 Å². The van der Waals surface area contributed by atoms with E-state index in [0.717, 1.165) is 0 Å². The highest BCUT2D eigenvalue weighted by atomic mass is 32.2. The van der Waals surface area contributed by atoms with E-state index in [2.05, 4.69) is 13.1 Å². The van der Waals surface area contributed by atoms with Crippen LogP contribution < -0.4 is 0 Å². The number of carbonyl (C=O) groups is 1. The number of hydrogen-bond acceptors (Lipinski definition) is 5. The Morgan fingerprint density at radius 1 is 1.69 bits per heavy atom. The summed E-state index contributed by atoms with van der Waals surface area (Å²) < 4.78 is 23.5. The van der Waals surface area contributed by atoms with Crippen molar-refractivity contribution in [2.24, 2.45) is 0 Å². The van der Waals surface area contributed by atoms with Crippen molar-refractivity contribution in [3.63, 3.8) is 0 Å². The van der Waals surface area contributed by atoms with Gasteiger partial charge in [0.2, 0.25) is 0 Å². The number of ether oxygens (including phenoxy) is 1. The fourth-order valence-electron chi connectivity index (χ4n) is 0.485. The molecule has 2 unspecified atom stereocenters. The van der Waals surface area contributed by atoms with Crippen LogP contribution in [0.4, 0.5) is 0 Å². The van der Waals surface area contributed by atoms with Gasteiger partial charge in [-0.2, -0.15) is 4.21 Å². The molecule has 0 bridgehead atoms. The molecule has 0 aromatic carbocycles. The van der Waals surface area contributed by atoms with Crippen LogP contribution in [0.25, 0.3) is 0 Å². The van der Waals surface area contributed by atoms with Crippen molar-refractivity contribution in [3.05, 3.63) is 0 Å². The smallest absolute Gasteiger partial charge is 0.305 e. The molecule has 0 amide bonds. The van der Waals surface area contributed by atoms with E-state index < -0.39 is 11.4 Å². The summed E-state index contributed by atoms with van der Waals surface area (Å²) in [6.07, 6.45) is 0.470. The Balaban J connectivity index is 0.000000226. The van der Waals surface area contributed by atoms with E-state index in [9.17, 15) is 9.00 Å². The fourth-order valence-corrected chi connectivity index (χ4v) is 1.17. The van der Waals surface area contributed by atoms with Crippen LogP contribution >= 0.6 is 0 Å². The molecule has 1 fully saturated rings. The van der Waals surface area contributed by atoms with Gasteiger partial charge in [0.1, 0.15) is 0 Å². The lowest BCUT2D eigenvalue weighted by atomic mass is 10.5. The normalized spacial score (nSPS) is 26.1. The minimum absolute atomic E-state index is 0.000772. The molecular weight excluding hydrogens is 196 g/mol. The SMILES string of the molecule is CC1COS(=O)O1.CCC(=O)OC. The lowest BCUT2D eigenvalue weighted by molar-refractivity contribution is -0.140. The first-order valence-corrected chi connectivity index (χ1v) is 4.89. The number of methoxy groups -OCH3 is 1. The van der Waals surface area contributed by atoms with Crippen LogP contribution in [0.15, 0.2) is 0 Å². The van der Waals surface area contributed by atoms with E-state index in [1.165, 1.54) is 7.11 Å². The van der Waals surface area contributed by atoms with E-state index in [-0.39, 0.29) is 12.1 Å². The van der Waals surface area contributed by atoms with Crippen molar-refractivity contribution in [2.75, 3.05) is 13.7 Å². The quantitative estimate of drug-likeness (QED) is 0.592. The minimum Gasteiger partial charge on any atom is -0.469 e. The summed E-state index contributed by atoms with van der Waals surface area (Å²) in [5.74, 6) is -0.157. The number of rotatable bonds is 1. The van der Waals surface area contributed by atoms with Gasteiger partial charge in [-0.05, 0) is 6.92 Å². The average Bonchev–Trinajstić information content (AvgIpc) is 2.49. The third kappa shape index (κ3) is 6.68. The topological polar surface area (TPSA) is 61.8 Å². The summed E-state index contributed by atoms with van der Waals surface area (Å²) >= 11 is -1.45. The molecule has 0 N–H and O–H groups in total. The predicted molar refractivity (Wildman–Crippen MR) is 46.9 cm³/mol. The summed E-state index contributed by atoms with van der Waals surface area (Å²) in [7, 11) is 1.38. The Labute approximate surface area is 80.2 Å². The zero-order valence-electron chi connectivity index (χ0n) is 7.94. The first-order valence-electron chi connectivity index (χ1n) is 3.89. The molecule has 0 saturated carbocycles. The Hall–Kier alpha value is -0.460. The molecule has 1 aliphatic rings. The van der Waals surface area contributed by atoms with E-state index in [4.69, 9.17) is 0 Å². The zero-order valence-corrected chi connectivity index (χ0v) is 8.76. The molecule has 0 radical (unpaired) electrons. The number of carbonyl (C=O) groups excluding carboxylic acids is 1. The van der Waals surface area contributed by atoms with Gasteiger partial charge in [-0.15, -0.1) is 0 Å². The zero-order chi connectivity index (χ0) is 10.3. The Morgan fingerprint density at radius 2 is 2.31 bits per heavy atom. The van der Waals surface area contributed by atoms with Gasteiger partial charge in [0, 0.05) is 6.42 Å². The first kappa shape index (κ1) is 12.5. The monoisotopic (exact) mass is 210 g/mol. The van der Waals surface area contributed by atoms with Gasteiger partial charge in [0.15, 0.2) is 0 Å². The third-order valence-corrected chi connectivity index (χ3v) is 1.97. The van der Waals surface area contributed by atoms with Crippen LogP contribution in [0, 0.1) is 0 Å². The van der Waals surface area contributed by atoms with Gasteiger partial charge in [-0.3, -0.25) is 13.2 Å². The van der Waals surface area contributed by atoms with Crippen LogP contribution in [-0.4, -0.2) is 30.0 Å². The molecule has 0 aliphatic carbocycles. The molecule has 1 aliphatic heterocycles. The fraction of sp³-hybridized carbons (Fsp3) is 0.857. The van der Waals surface area contributed by atoms with E-state index in [1.54, 1.807) is 6.92 Å². The second-order valence-electron chi connectivity index (χ2n) is 2.33. The van der Waals surface area contributed by atoms with Gasteiger partial charge in [0.05, 0.1) is 19.8 Å². The lowest BCUT2D eigenvalue weighted by Gasteiger charge is -1.88. The molecule has 13 heavy (non-hydrogen) atoms. The van der Waals surface area contributed by atoms with Crippen molar-refractivity contribution >= 4 is 17.3 Å². The van der Waals surface area contributed by atoms with Crippen molar-refractivity contribution in [1.82, 2.24) is 0 Å². The summed E-state index contributed by atoms with van der Waals surface area (Å²) in [6, 6.07) is 0. The van der Waals surface area contributed by atoms with Crippen molar-refractivity contribution < 1.29 is 22.1 Å². The summed E-state index contributed by atoms with van der Waals surface area (Å²) in [4.78, 5) is 9.96. The summed E-state index contributed by atoms with van der Waals surface area (Å²) in [6.45, 7) is 4.02. The Kier molecular flexibility index (Phi) is 6.75. The van der Waals surface area contributed by atoms with Gasteiger partial charge in [0.25, 0.3) is 0 Å².